The van der Waals surface area contributed by atoms with Gasteiger partial charge in [0.15, 0.2) is 0 Å². The Morgan fingerprint density at radius 1 is 1.20 bits per heavy atom. The van der Waals surface area contributed by atoms with Crippen molar-refractivity contribution < 1.29 is 9.90 Å². The number of carbonyl (C=O) groups is 1. The van der Waals surface area contributed by atoms with Crippen LogP contribution in [0, 0.1) is 5.92 Å². The highest BCUT2D eigenvalue weighted by atomic mass is 16.3. The number of anilines is 1. The van der Waals surface area contributed by atoms with Gasteiger partial charge in [-0.25, -0.2) is 0 Å². The van der Waals surface area contributed by atoms with Crippen LogP contribution in [-0.2, 0) is 4.79 Å². The number of aliphatic hydroxyl groups is 1. The second kappa shape index (κ2) is 8.72. The predicted molar refractivity (Wildman–Crippen MR) is 82.6 cm³/mol. The van der Waals surface area contributed by atoms with E-state index in [2.05, 4.69) is 17.6 Å². The molecule has 20 heavy (non-hydrogen) atoms. The quantitative estimate of drug-likeness (QED) is 0.684. The monoisotopic (exact) mass is 278 g/mol. The Bertz CT molecular complexity index is 393. The van der Waals surface area contributed by atoms with Gasteiger partial charge in [0, 0.05) is 18.2 Å². The van der Waals surface area contributed by atoms with Crippen LogP contribution in [0.25, 0.3) is 0 Å². The molecule has 0 saturated carbocycles. The van der Waals surface area contributed by atoms with Crippen molar-refractivity contribution in [2.75, 3.05) is 11.9 Å². The fourth-order valence-corrected chi connectivity index (χ4v) is 2.15. The molecule has 4 heteroatoms. The van der Waals surface area contributed by atoms with Crippen LogP contribution in [0.15, 0.2) is 30.3 Å². The van der Waals surface area contributed by atoms with Crippen LogP contribution in [0.4, 0.5) is 5.69 Å². The molecule has 1 amide bonds. The van der Waals surface area contributed by atoms with E-state index in [0.29, 0.717) is 12.3 Å². The number of rotatable bonds is 8. The Morgan fingerprint density at radius 3 is 2.45 bits per heavy atom. The molecule has 1 rings (SSSR count). The first-order valence-electron chi connectivity index (χ1n) is 7.23. The first kappa shape index (κ1) is 16.7. The summed E-state index contributed by atoms with van der Waals surface area (Å²) in [5, 5.41) is 15.5. The fraction of sp³-hybridized carbons (Fsp3) is 0.562. The molecule has 0 fully saturated rings. The number of para-hydroxylation sites is 1. The Kier molecular flexibility index (Phi) is 7.26. The summed E-state index contributed by atoms with van der Waals surface area (Å²) >= 11 is 0. The summed E-state index contributed by atoms with van der Waals surface area (Å²) in [7, 11) is 0. The highest BCUT2D eigenvalue weighted by Gasteiger charge is 2.11. The largest absolute Gasteiger partial charge is 0.393 e. The highest BCUT2D eigenvalue weighted by Crippen LogP contribution is 2.07. The Balaban J connectivity index is 2.24. The zero-order chi connectivity index (χ0) is 15.0. The molecule has 0 bridgehead atoms. The van der Waals surface area contributed by atoms with E-state index in [1.807, 2.05) is 37.3 Å². The second-order valence-corrected chi connectivity index (χ2v) is 5.62. The summed E-state index contributed by atoms with van der Waals surface area (Å²) in [4.78, 5) is 11.9. The van der Waals surface area contributed by atoms with Crippen molar-refractivity contribution in [3.8, 4) is 0 Å². The van der Waals surface area contributed by atoms with Gasteiger partial charge < -0.3 is 15.7 Å². The van der Waals surface area contributed by atoms with E-state index in [-0.39, 0.29) is 18.1 Å². The summed E-state index contributed by atoms with van der Waals surface area (Å²) in [6.07, 6.45) is 0.940. The van der Waals surface area contributed by atoms with Gasteiger partial charge in [-0.15, -0.1) is 0 Å². The first-order valence-corrected chi connectivity index (χ1v) is 7.23. The lowest BCUT2D eigenvalue weighted by atomic mass is 10.0. The van der Waals surface area contributed by atoms with Gasteiger partial charge >= 0.3 is 0 Å². The van der Waals surface area contributed by atoms with Crippen molar-refractivity contribution in [3.05, 3.63) is 30.3 Å². The van der Waals surface area contributed by atoms with Gasteiger partial charge in [0.1, 0.15) is 0 Å². The van der Waals surface area contributed by atoms with Gasteiger partial charge in [-0.05, 0) is 44.9 Å². The molecule has 3 atom stereocenters. The van der Waals surface area contributed by atoms with Crippen LogP contribution in [-0.4, -0.2) is 29.7 Å². The molecule has 3 N–H and O–H groups in total. The summed E-state index contributed by atoms with van der Waals surface area (Å²) in [6, 6.07) is 9.59. The summed E-state index contributed by atoms with van der Waals surface area (Å²) in [6.45, 7) is 6.70. The van der Waals surface area contributed by atoms with Gasteiger partial charge in [0.05, 0.1) is 6.10 Å². The molecule has 0 aromatic heterocycles. The van der Waals surface area contributed by atoms with E-state index in [1.165, 1.54) is 0 Å². The van der Waals surface area contributed by atoms with E-state index in [0.717, 1.165) is 18.7 Å². The number of benzene rings is 1. The van der Waals surface area contributed by atoms with E-state index in [9.17, 15) is 9.90 Å². The van der Waals surface area contributed by atoms with E-state index >= 15 is 0 Å². The molecular formula is C16H26N2O2. The molecule has 0 saturated heterocycles. The molecular weight excluding hydrogens is 252 g/mol. The number of nitrogens with one attached hydrogen (secondary N) is 2. The smallest absolute Gasteiger partial charge is 0.225 e. The number of amides is 1. The Morgan fingerprint density at radius 2 is 1.85 bits per heavy atom. The standard InChI is InChI=1S/C16H26N2O2/c1-12(9-14(3)19)11-17-13(2)10-16(20)18-15-7-5-4-6-8-15/h4-8,12-14,17,19H,9-11H2,1-3H3,(H,18,20). The van der Waals surface area contributed by atoms with Gasteiger partial charge in [0.2, 0.25) is 5.91 Å². The van der Waals surface area contributed by atoms with Crippen LogP contribution in [0.3, 0.4) is 0 Å². The molecule has 0 aliphatic heterocycles. The van der Waals surface area contributed by atoms with Crippen LogP contribution in [0.5, 0.6) is 0 Å². The third-order valence-corrected chi connectivity index (χ3v) is 3.11. The minimum Gasteiger partial charge on any atom is -0.393 e. The van der Waals surface area contributed by atoms with Gasteiger partial charge in [-0.1, -0.05) is 25.1 Å². The van der Waals surface area contributed by atoms with Crippen LogP contribution >= 0.6 is 0 Å². The average molecular weight is 278 g/mol. The van der Waals surface area contributed by atoms with Crippen molar-refractivity contribution in [2.24, 2.45) is 5.92 Å². The maximum absolute atomic E-state index is 11.9. The van der Waals surface area contributed by atoms with Crippen molar-refractivity contribution in [3.63, 3.8) is 0 Å². The lowest BCUT2D eigenvalue weighted by molar-refractivity contribution is -0.116. The minimum absolute atomic E-state index is 0.0133. The van der Waals surface area contributed by atoms with Gasteiger partial charge in [-0.2, -0.15) is 0 Å². The maximum Gasteiger partial charge on any atom is 0.225 e. The highest BCUT2D eigenvalue weighted by molar-refractivity contribution is 5.90. The summed E-state index contributed by atoms with van der Waals surface area (Å²) in [5.74, 6) is 0.411. The van der Waals surface area contributed by atoms with Crippen LogP contribution in [0.2, 0.25) is 0 Å². The van der Waals surface area contributed by atoms with Crippen LogP contribution < -0.4 is 10.6 Å². The van der Waals surface area contributed by atoms with Crippen molar-refractivity contribution in [2.45, 2.75) is 45.8 Å². The topological polar surface area (TPSA) is 61.4 Å². The molecule has 0 radical (unpaired) electrons. The van der Waals surface area contributed by atoms with Crippen LogP contribution in [0.1, 0.15) is 33.6 Å². The molecule has 1 aromatic rings. The molecule has 3 unspecified atom stereocenters. The molecule has 0 heterocycles. The van der Waals surface area contributed by atoms with E-state index < -0.39 is 0 Å². The molecule has 112 valence electrons. The molecule has 0 spiro atoms. The van der Waals surface area contributed by atoms with Gasteiger partial charge in [0.25, 0.3) is 0 Å². The Labute approximate surface area is 121 Å². The number of aliphatic hydroxyl groups excluding tert-OH is 1. The second-order valence-electron chi connectivity index (χ2n) is 5.62. The van der Waals surface area contributed by atoms with E-state index in [1.54, 1.807) is 6.92 Å². The lowest BCUT2D eigenvalue weighted by Gasteiger charge is -2.18. The lowest BCUT2D eigenvalue weighted by Crippen LogP contribution is -2.34. The normalized spacial score (nSPS) is 15.4. The van der Waals surface area contributed by atoms with E-state index in [4.69, 9.17) is 0 Å². The number of hydrogen-bond acceptors (Lipinski definition) is 3. The third-order valence-electron chi connectivity index (χ3n) is 3.11. The molecule has 0 aliphatic carbocycles. The van der Waals surface area contributed by atoms with Crippen molar-refractivity contribution >= 4 is 11.6 Å². The number of hydrogen-bond donors (Lipinski definition) is 3. The zero-order valence-electron chi connectivity index (χ0n) is 12.6. The van der Waals surface area contributed by atoms with Gasteiger partial charge in [-0.3, -0.25) is 4.79 Å². The van der Waals surface area contributed by atoms with Crippen molar-refractivity contribution in [1.82, 2.24) is 5.32 Å². The first-order chi connectivity index (χ1) is 9.47. The third kappa shape index (κ3) is 7.26. The summed E-state index contributed by atoms with van der Waals surface area (Å²) < 4.78 is 0. The van der Waals surface area contributed by atoms with Crippen molar-refractivity contribution in [1.29, 1.82) is 0 Å². The molecule has 0 aliphatic rings. The maximum atomic E-state index is 11.9. The average Bonchev–Trinajstić information content (AvgIpc) is 2.36. The fourth-order valence-electron chi connectivity index (χ4n) is 2.15. The predicted octanol–water partition coefficient (Wildman–Crippen LogP) is 2.40. The number of carbonyl (C=O) groups excluding carboxylic acids is 1. The zero-order valence-corrected chi connectivity index (χ0v) is 12.6. The minimum atomic E-state index is -0.275. The molecule has 1 aromatic carbocycles. The summed E-state index contributed by atoms with van der Waals surface area (Å²) in [5.41, 5.74) is 0.826. The molecule has 4 nitrogen and oxygen atoms in total. The Hall–Kier alpha value is -1.39. The SMILES string of the molecule is CC(O)CC(C)CNC(C)CC(=O)Nc1ccccc1.